The normalized spacial score (nSPS) is 11.9. The SMILES string of the molecule is Cc1cc([C@H](N)CF)ccc1O.Cl. The molecular weight excluding hydrogens is 193 g/mol. The number of hydrogen-bond donors (Lipinski definition) is 2. The Balaban J connectivity index is 0.00000144. The van der Waals surface area contributed by atoms with E-state index in [0.717, 1.165) is 5.56 Å². The maximum atomic E-state index is 12.1. The fourth-order valence-corrected chi connectivity index (χ4v) is 0.998. The Morgan fingerprint density at radius 2 is 2.15 bits per heavy atom. The van der Waals surface area contributed by atoms with E-state index in [2.05, 4.69) is 0 Å². The third kappa shape index (κ3) is 2.86. The van der Waals surface area contributed by atoms with Crippen LogP contribution in [0.5, 0.6) is 5.75 Å². The monoisotopic (exact) mass is 205 g/mol. The Kier molecular flexibility index (Phi) is 4.73. The van der Waals surface area contributed by atoms with Crippen molar-refractivity contribution in [2.24, 2.45) is 5.73 Å². The smallest absolute Gasteiger partial charge is 0.118 e. The lowest BCUT2D eigenvalue weighted by molar-refractivity contribution is 0.435. The van der Waals surface area contributed by atoms with Gasteiger partial charge in [0.2, 0.25) is 0 Å². The van der Waals surface area contributed by atoms with E-state index in [1.165, 1.54) is 6.07 Å². The summed E-state index contributed by atoms with van der Waals surface area (Å²) in [4.78, 5) is 0. The number of aromatic hydroxyl groups is 1. The number of benzene rings is 1. The van der Waals surface area contributed by atoms with E-state index in [-0.39, 0.29) is 18.2 Å². The maximum absolute atomic E-state index is 12.1. The quantitative estimate of drug-likeness (QED) is 0.777. The lowest BCUT2D eigenvalue weighted by atomic mass is 10.1. The molecule has 0 aliphatic heterocycles. The van der Waals surface area contributed by atoms with E-state index < -0.39 is 12.7 Å². The highest BCUT2D eigenvalue weighted by Crippen LogP contribution is 2.20. The number of aryl methyl sites for hydroxylation is 1. The largest absolute Gasteiger partial charge is 0.508 e. The van der Waals surface area contributed by atoms with Gasteiger partial charge in [-0.3, -0.25) is 0 Å². The van der Waals surface area contributed by atoms with Crippen molar-refractivity contribution in [2.45, 2.75) is 13.0 Å². The van der Waals surface area contributed by atoms with E-state index in [1.54, 1.807) is 19.1 Å². The fourth-order valence-electron chi connectivity index (χ4n) is 0.998. The van der Waals surface area contributed by atoms with Gasteiger partial charge in [-0.2, -0.15) is 0 Å². The summed E-state index contributed by atoms with van der Waals surface area (Å²) in [6.45, 7) is 1.17. The summed E-state index contributed by atoms with van der Waals surface area (Å²) in [6.07, 6.45) is 0. The van der Waals surface area contributed by atoms with Gasteiger partial charge in [0.05, 0.1) is 6.04 Å². The van der Waals surface area contributed by atoms with Crippen molar-refractivity contribution >= 4 is 12.4 Å². The van der Waals surface area contributed by atoms with Crippen molar-refractivity contribution in [3.05, 3.63) is 29.3 Å². The molecular formula is C9H13ClFNO. The average Bonchev–Trinajstić information content (AvgIpc) is 2.08. The highest BCUT2D eigenvalue weighted by Gasteiger charge is 2.06. The van der Waals surface area contributed by atoms with Crippen molar-refractivity contribution < 1.29 is 9.50 Å². The van der Waals surface area contributed by atoms with Gasteiger partial charge in [-0.25, -0.2) is 4.39 Å². The topological polar surface area (TPSA) is 46.2 Å². The highest BCUT2D eigenvalue weighted by atomic mass is 35.5. The minimum Gasteiger partial charge on any atom is -0.508 e. The molecule has 74 valence electrons. The summed E-state index contributed by atoms with van der Waals surface area (Å²) in [5.74, 6) is 0.213. The van der Waals surface area contributed by atoms with Gasteiger partial charge in [-0.1, -0.05) is 12.1 Å². The van der Waals surface area contributed by atoms with Gasteiger partial charge in [0, 0.05) is 0 Å². The minimum absolute atomic E-state index is 0. The zero-order valence-corrected chi connectivity index (χ0v) is 8.14. The first-order chi connectivity index (χ1) is 5.65. The first-order valence-electron chi connectivity index (χ1n) is 3.76. The van der Waals surface area contributed by atoms with Crippen molar-refractivity contribution in [3.63, 3.8) is 0 Å². The molecule has 3 N–H and O–H groups in total. The molecule has 0 aliphatic rings. The zero-order valence-electron chi connectivity index (χ0n) is 7.33. The molecule has 4 heteroatoms. The van der Waals surface area contributed by atoms with Crippen LogP contribution < -0.4 is 5.73 Å². The second-order valence-electron chi connectivity index (χ2n) is 2.81. The van der Waals surface area contributed by atoms with Crippen LogP contribution in [0.25, 0.3) is 0 Å². The van der Waals surface area contributed by atoms with Crippen LogP contribution in [-0.4, -0.2) is 11.8 Å². The molecule has 0 amide bonds. The van der Waals surface area contributed by atoms with E-state index in [9.17, 15) is 4.39 Å². The fraction of sp³-hybridized carbons (Fsp3) is 0.333. The molecule has 0 aromatic heterocycles. The van der Waals surface area contributed by atoms with Crippen molar-refractivity contribution in [3.8, 4) is 5.75 Å². The molecule has 0 fully saturated rings. The van der Waals surface area contributed by atoms with Gasteiger partial charge >= 0.3 is 0 Å². The van der Waals surface area contributed by atoms with Gasteiger partial charge in [0.25, 0.3) is 0 Å². The molecule has 1 atom stereocenters. The molecule has 1 rings (SSSR count). The second-order valence-corrected chi connectivity index (χ2v) is 2.81. The van der Waals surface area contributed by atoms with Gasteiger partial charge in [0.15, 0.2) is 0 Å². The van der Waals surface area contributed by atoms with Crippen LogP contribution in [0.2, 0.25) is 0 Å². The first kappa shape index (κ1) is 12.2. The zero-order chi connectivity index (χ0) is 9.14. The number of alkyl halides is 1. The summed E-state index contributed by atoms with van der Waals surface area (Å²) in [5.41, 5.74) is 6.89. The van der Waals surface area contributed by atoms with E-state index >= 15 is 0 Å². The Bertz CT molecular complexity index is 280. The summed E-state index contributed by atoms with van der Waals surface area (Å²) in [5, 5.41) is 9.16. The highest BCUT2D eigenvalue weighted by molar-refractivity contribution is 5.85. The summed E-state index contributed by atoms with van der Waals surface area (Å²) >= 11 is 0. The Morgan fingerprint density at radius 1 is 1.54 bits per heavy atom. The number of rotatable bonds is 2. The lowest BCUT2D eigenvalue weighted by Crippen LogP contribution is -2.11. The van der Waals surface area contributed by atoms with E-state index in [1.807, 2.05) is 0 Å². The molecule has 0 bridgehead atoms. The third-order valence-corrected chi connectivity index (χ3v) is 1.82. The lowest BCUT2D eigenvalue weighted by Gasteiger charge is -2.08. The van der Waals surface area contributed by atoms with Crippen LogP contribution in [-0.2, 0) is 0 Å². The number of nitrogens with two attached hydrogens (primary N) is 1. The van der Waals surface area contributed by atoms with Crippen molar-refractivity contribution in [1.82, 2.24) is 0 Å². The van der Waals surface area contributed by atoms with Crippen molar-refractivity contribution in [2.75, 3.05) is 6.67 Å². The van der Waals surface area contributed by atoms with Crippen LogP contribution in [0.4, 0.5) is 4.39 Å². The number of phenolic OH excluding ortho intramolecular Hbond substituents is 1. The molecule has 1 aromatic rings. The first-order valence-corrected chi connectivity index (χ1v) is 3.76. The standard InChI is InChI=1S/C9H12FNO.ClH/c1-6-4-7(8(11)5-10)2-3-9(6)12;/h2-4,8,12H,5,11H2,1H3;1H/t8-;/m1./s1. The van der Waals surface area contributed by atoms with Gasteiger partial charge in [0.1, 0.15) is 12.4 Å². The molecule has 0 unspecified atom stereocenters. The Labute approximate surface area is 83.0 Å². The summed E-state index contributed by atoms with van der Waals surface area (Å²) in [6, 6.07) is 4.27. The number of hydrogen-bond acceptors (Lipinski definition) is 2. The number of halogens is 2. The molecule has 0 radical (unpaired) electrons. The van der Waals surface area contributed by atoms with Gasteiger partial charge in [-0.05, 0) is 24.1 Å². The van der Waals surface area contributed by atoms with Gasteiger partial charge < -0.3 is 10.8 Å². The molecule has 0 saturated heterocycles. The van der Waals surface area contributed by atoms with E-state index in [4.69, 9.17) is 10.8 Å². The molecule has 0 spiro atoms. The number of phenols is 1. The van der Waals surface area contributed by atoms with E-state index in [0.29, 0.717) is 5.56 Å². The third-order valence-electron chi connectivity index (χ3n) is 1.82. The molecule has 0 saturated carbocycles. The minimum atomic E-state index is -0.579. The summed E-state index contributed by atoms with van der Waals surface area (Å²) in [7, 11) is 0. The predicted molar refractivity (Wildman–Crippen MR) is 53.0 cm³/mol. The van der Waals surface area contributed by atoms with Crippen LogP contribution in [0, 0.1) is 6.92 Å². The summed E-state index contributed by atoms with van der Waals surface area (Å²) < 4.78 is 12.1. The van der Waals surface area contributed by atoms with Gasteiger partial charge in [-0.15, -0.1) is 12.4 Å². The van der Waals surface area contributed by atoms with Crippen molar-refractivity contribution in [1.29, 1.82) is 0 Å². The Morgan fingerprint density at radius 3 is 2.62 bits per heavy atom. The van der Waals surface area contributed by atoms with Crippen LogP contribution in [0.1, 0.15) is 17.2 Å². The van der Waals surface area contributed by atoms with Crippen LogP contribution in [0.15, 0.2) is 18.2 Å². The van der Waals surface area contributed by atoms with Crippen LogP contribution in [0.3, 0.4) is 0 Å². The molecule has 1 aromatic carbocycles. The predicted octanol–water partition coefficient (Wildman–Crippen LogP) is 2.09. The Hall–Kier alpha value is -0.800. The molecule has 13 heavy (non-hydrogen) atoms. The average molecular weight is 206 g/mol. The molecule has 0 heterocycles. The molecule has 2 nitrogen and oxygen atoms in total. The molecule has 0 aliphatic carbocycles. The second kappa shape index (κ2) is 5.04. The van der Waals surface area contributed by atoms with Crippen LogP contribution >= 0.6 is 12.4 Å². The maximum Gasteiger partial charge on any atom is 0.118 e.